The van der Waals surface area contributed by atoms with Crippen LogP contribution in [0.5, 0.6) is 0 Å². The second-order valence-electron chi connectivity index (χ2n) is 5.13. The molecular formula is C12H20ClNSi. The van der Waals surface area contributed by atoms with Crippen molar-refractivity contribution in [1.29, 1.82) is 0 Å². The van der Waals surface area contributed by atoms with E-state index in [1.54, 1.807) is 0 Å². The van der Waals surface area contributed by atoms with Gasteiger partial charge < -0.3 is 5.73 Å². The van der Waals surface area contributed by atoms with Gasteiger partial charge in [0.1, 0.15) is 0 Å². The van der Waals surface area contributed by atoms with Crippen LogP contribution < -0.4 is 5.73 Å². The Morgan fingerprint density at radius 1 is 1.20 bits per heavy atom. The van der Waals surface area contributed by atoms with Crippen molar-refractivity contribution in [1.82, 2.24) is 0 Å². The lowest BCUT2D eigenvalue weighted by Gasteiger charge is -2.27. The van der Waals surface area contributed by atoms with Crippen molar-refractivity contribution in [2.45, 2.75) is 31.6 Å². The minimum atomic E-state index is -1.14. The van der Waals surface area contributed by atoms with Crippen molar-refractivity contribution < 1.29 is 0 Å². The summed E-state index contributed by atoms with van der Waals surface area (Å²) in [5.74, 6) is 0. The third-order valence-electron chi connectivity index (χ3n) is 2.90. The van der Waals surface area contributed by atoms with Gasteiger partial charge in [0.2, 0.25) is 0 Å². The molecule has 0 bridgehead atoms. The molecule has 0 saturated heterocycles. The molecule has 0 aliphatic rings. The van der Waals surface area contributed by atoms with Crippen molar-refractivity contribution in [3.63, 3.8) is 0 Å². The van der Waals surface area contributed by atoms with Gasteiger partial charge in [-0.2, -0.15) is 0 Å². The summed E-state index contributed by atoms with van der Waals surface area (Å²) in [6.45, 7) is 7.92. The smallest absolute Gasteiger partial charge is 0.0491 e. The average Bonchev–Trinajstić information content (AvgIpc) is 2.15. The van der Waals surface area contributed by atoms with Crippen LogP contribution in [0.15, 0.2) is 24.3 Å². The Morgan fingerprint density at radius 3 is 2.13 bits per heavy atom. The molecule has 2 N–H and O–H groups in total. The van der Waals surface area contributed by atoms with E-state index < -0.39 is 8.07 Å². The maximum Gasteiger partial charge on any atom is 0.0491 e. The average molecular weight is 242 g/mol. The summed E-state index contributed by atoms with van der Waals surface area (Å²) in [5.41, 5.74) is 7.84. The van der Waals surface area contributed by atoms with E-state index in [0.29, 0.717) is 5.54 Å². The van der Waals surface area contributed by atoms with Crippen LogP contribution in [0.1, 0.15) is 5.56 Å². The van der Waals surface area contributed by atoms with E-state index in [1.165, 1.54) is 5.56 Å². The number of nitrogens with two attached hydrogens (primary N) is 1. The zero-order valence-corrected chi connectivity index (χ0v) is 11.5. The Kier molecular flexibility index (Phi) is 4.38. The van der Waals surface area contributed by atoms with Crippen molar-refractivity contribution in [3.05, 3.63) is 34.9 Å². The molecule has 0 spiro atoms. The predicted molar refractivity (Wildman–Crippen MR) is 71.3 cm³/mol. The summed E-state index contributed by atoms with van der Waals surface area (Å²) in [6.07, 6.45) is 1.09. The van der Waals surface area contributed by atoms with Gasteiger partial charge in [0, 0.05) is 13.1 Å². The molecule has 0 aliphatic carbocycles. The molecule has 15 heavy (non-hydrogen) atoms. The molecule has 84 valence electrons. The predicted octanol–water partition coefficient (Wildman–Crippen LogP) is 3.55. The Hall–Kier alpha value is -0.313. The maximum absolute atomic E-state index is 5.86. The quantitative estimate of drug-likeness (QED) is 0.802. The fourth-order valence-corrected chi connectivity index (χ4v) is 3.33. The maximum atomic E-state index is 5.86. The van der Waals surface area contributed by atoms with Crippen molar-refractivity contribution in [2.24, 2.45) is 5.73 Å². The summed E-state index contributed by atoms with van der Waals surface area (Å²) in [7, 11) is -1.14. The Labute approximate surface area is 98.6 Å². The lowest BCUT2D eigenvalue weighted by atomic mass is 10.1. The Bertz CT molecular complexity index is 302. The first-order chi connectivity index (χ1) is 6.93. The number of benzene rings is 1. The van der Waals surface area contributed by atoms with E-state index in [4.69, 9.17) is 17.3 Å². The molecule has 1 aromatic rings. The van der Waals surface area contributed by atoms with Gasteiger partial charge in [0.15, 0.2) is 0 Å². The Balaban J connectivity index is 2.71. The molecule has 0 fully saturated rings. The van der Waals surface area contributed by atoms with Crippen LogP contribution in [-0.4, -0.2) is 14.6 Å². The first kappa shape index (κ1) is 12.8. The monoisotopic (exact) mass is 241 g/mol. The van der Waals surface area contributed by atoms with Crippen LogP contribution >= 0.6 is 11.6 Å². The lowest BCUT2D eigenvalue weighted by molar-refractivity contribution is 0.796. The standard InChI is InChI=1S/C12H20ClNSi/c1-15(2,3)12(9-14)8-10-4-6-11(13)7-5-10/h4-7,12H,8-9,14H2,1-3H3. The van der Waals surface area contributed by atoms with Crippen LogP contribution in [0.2, 0.25) is 30.2 Å². The molecule has 0 heterocycles. The number of halogens is 1. The molecule has 0 aliphatic heterocycles. The largest absolute Gasteiger partial charge is 0.330 e. The SMILES string of the molecule is C[Si](C)(C)C(CN)Cc1ccc(Cl)cc1. The summed E-state index contributed by atoms with van der Waals surface area (Å²) in [4.78, 5) is 0. The van der Waals surface area contributed by atoms with E-state index in [0.717, 1.165) is 18.0 Å². The minimum absolute atomic E-state index is 0.652. The van der Waals surface area contributed by atoms with Crippen LogP contribution in [0, 0.1) is 0 Å². The van der Waals surface area contributed by atoms with Gasteiger partial charge in [-0.15, -0.1) is 0 Å². The lowest BCUT2D eigenvalue weighted by Crippen LogP contribution is -2.34. The van der Waals surface area contributed by atoms with Gasteiger partial charge >= 0.3 is 0 Å². The molecule has 0 amide bonds. The number of rotatable bonds is 4. The third-order valence-corrected chi connectivity index (χ3v) is 6.05. The van der Waals surface area contributed by atoms with Gasteiger partial charge in [-0.05, 0) is 36.2 Å². The van der Waals surface area contributed by atoms with Crippen LogP contribution in [-0.2, 0) is 6.42 Å². The fraction of sp³-hybridized carbons (Fsp3) is 0.500. The van der Waals surface area contributed by atoms with Gasteiger partial charge in [0.25, 0.3) is 0 Å². The number of hydrogen-bond acceptors (Lipinski definition) is 1. The van der Waals surface area contributed by atoms with E-state index >= 15 is 0 Å². The second kappa shape index (κ2) is 5.15. The van der Waals surface area contributed by atoms with Crippen LogP contribution in [0.4, 0.5) is 0 Å². The highest BCUT2D eigenvalue weighted by Gasteiger charge is 2.25. The minimum Gasteiger partial charge on any atom is -0.330 e. The molecule has 1 nitrogen and oxygen atoms in total. The molecule has 0 aromatic heterocycles. The molecule has 1 atom stereocenters. The van der Waals surface area contributed by atoms with E-state index in [-0.39, 0.29) is 0 Å². The summed E-state index contributed by atoms with van der Waals surface area (Å²) in [5, 5.41) is 0.802. The van der Waals surface area contributed by atoms with E-state index in [9.17, 15) is 0 Å². The first-order valence-corrected chi connectivity index (χ1v) is 9.33. The van der Waals surface area contributed by atoms with Crippen LogP contribution in [0.3, 0.4) is 0 Å². The van der Waals surface area contributed by atoms with E-state index in [2.05, 4.69) is 31.8 Å². The molecule has 1 unspecified atom stereocenters. The molecular weight excluding hydrogens is 222 g/mol. The Morgan fingerprint density at radius 2 is 1.73 bits per heavy atom. The van der Waals surface area contributed by atoms with E-state index in [1.807, 2.05) is 12.1 Å². The highest BCUT2D eigenvalue weighted by molar-refractivity contribution is 6.77. The molecule has 0 radical (unpaired) electrons. The highest BCUT2D eigenvalue weighted by atomic mass is 35.5. The fourth-order valence-electron chi connectivity index (χ4n) is 1.65. The number of hydrogen-bond donors (Lipinski definition) is 1. The summed E-state index contributed by atoms with van der Waals surface area (Å²) >= 11 is 5.86. The van der Waals surface area contributed by atoms with Crippen molar-refractivity contribution in [2.75, 3.05) is 6.54 Å². The summed E-state index contributed by atoms with van der Waals surface area (Å²) in [6, 6.07) is 8.11. The topological polar surface area (TPSA) is 26.0 Å². The van der Waals surface area contributed by atoms with Gasteiger partial charge in [0.05, 0.1) is 0 Å². The van der Waals surface area contributed by atoms with Crippen molar-refractivity contribution >= 4 is 19.7 Å². The van der Waals surface area contributed by atoms with Gasteiger partial charge in [-0.25, -0.2) is 0 Å². The molecule has 3 heteroatoms. The van der Waals surface area contributed by atoms with Crippen LogP contribution in [0.25, 0.3) is 0 Å². The molecule has 1 aromatic carbocycles. The van der Waals surface area contributed by atoms with Crippen molar-refractivity contribution in [3.8, 4) is 0 Å². The highest BCUT2D eigenvalue weighted by Crippen LogP contribution is 2.25. The molecule has 0 saturated carbocycles. The second-order valence-corrected chi connectivity index (χ2v) is 11.1. The zero-order valence-electron chi connectivity index (χ0n) is 9.76. The zero-order chi connectivity index (χ0) is 11.5. The van der Waals surface area contributed by atoms with Gasteiger partial charge in [-0.3, -0.25) is 0 Å². The summed E-state index contributed by atoms with van der Waals surface area (Å²) < 4.78 is 0. The third kappa shape index (κ3) is 3.97. The first-order valence-electron chi connectivity index (χ1n) is 5.38. The molecule has 1 rings (SSSR count). The normalized spacial score (nSPS) is 13.9. The van der Waals surface area contributed by atoms with Gasteiger partial charge in [-0.1, -0.05) is 43.4 Å².